The van der Waals surface area contributed by atoms with Gasteiger partial charge in [-0.05, 0) is 0 Å². The highest BCUT2D eigenvalue weighted by atomic mass is 16.6. The van der Waals surface area contributed by atoms with Gasteiger partial charge >= 0.3 is 0 Å². The minimum absolute atomic E-state index is 0.425. The molecule has 0 bridgehead atoms. The second kappa shape index (κ2) is 4.32. The van der Waals surface area contributed by atoms with Crippen LogP contribution in [0.2, 0.25) is 0 Å². The molecular formula is C7H16NO5+. The lowest BCUT2D eigenvalue weighted by molar-refractivity contribution is -0.694. The minimum Gasteiger partial charge on any atom is -0.394 e. The molecule has 0 amide bonds. The largest absolute Gasteiger partial charge is 0.394 e. The third-order valence-electron chi connectivity index (χ3n) is 2.33. The molecule has 0 radical (unpaired) electrons. The van der Waals surface area contributed by atoms with Crippen molar-refractivity contribution >= 4 is 0 Å². The fourth-order valence-corrected chi connectivity index (χ4v) is 1.48. The Balaban J connectivity index is 2.66. The van der Waals surface area contributed by atoms with Crippen LogP contribution in [0, 0.1) is 0 Å². The van der Waals surface area contributed by atoms with Gasteiger partial charge in [0.1, 0.15) is 18.3 Å². The SMILES string of the molecule is C[NH2+]C1[C@H](O)OC(CO)[C@@H](O)[C@H]1O. The summed E-state index contributed by atoms with van der Waals surface area (Å²) in [5, 5.41) is 38.5. The lowest BCUT2D eigenvalue weighted by atomic mass is 9.97. The van der Waals surface area contributed by atoms with Gasteiger partial charge < -0.3 is 30.5 Å². The highest BCUT2D eigenvalue weighted by Gasteiger charge is 2.45. The Hall–Kier alpha value is -0.240. The molecule has 1 aliphatic rings. The summed E-state index contributed by atoms with van der Waals surface area (Å²) in [4.78, 5) is 0. The maximum atomic E-state index is 9.48. The molecule has 1 saturated heterocycles. The summed E-state index contributed by atoms with van der Waals surface area (Å²) >= 11 is 0. The predicted octanol–water partition coefficient (Wildman–Crippen LogP) is -4.02. The number of aliphatic hydroxyl groups is 4. The van der Waals surface area contributed by atoms with Crippen molar-refractivity contribution in [2.24, 2.45) is 0 Å². The Morgan fingerprint density at radius 2 is 1.85 bits per heavy atom. The number of ether oxygens (including phenoxy) is 1. The molecule has 0 spiro atoms. The van der Waals surface area contributed by atoms with Gasteiger partial charge in [-0.15, -0.1) is 0 Å². The topological polar surface area (TPSA) is 107 Å². The van der Waals surface area contributed by atoms with E-state index < -0.39 is 37.3 Å². The van der Waals surface area contributed by atoms with Crippen molar-refractivity contribution in [1.29, 1.82) is 0 Å². The molecule has 0 aromatic carbocycles. The number of quaternary nitrogens is 1. The van der Waals surface area contributed by atoms with E-state index in [-0.39, 0.29) is 0 Å². The summed E-state index contributed by atoms with van der Waals surface area (Å²) in [5.41, 5.74) is 0. The highest BCUT2D eigenvalue weighted by Crippen LogP contribution is 2.17. The standard InChI is InChI=1S/C7H15NO5/c1-8-4-6(11)5(10)3(2-9)13-7(4)12/h3-12H,2H2,1H3/p+1/t3?,4?,5-,6+,7-/m1/s1. The van der Waals surface area contributed by atoms with Crippen LogP contribution in [-0.4, -0.2) is 64.7 Å². The van der Waals surface area contributed by atoms with Gasteiger partial charge in [-0.1, -0.05) is 0 Å². The highest BCUT2D eigenvalue weighted by molar-refractivity contribution is 4.87. The second-order valence-electron chi connectivity index (χ2n) is 3.14. The minimum atomic E-state index is -1.17. The van der Waals surface area contributed by atoms with Crippen molar-refractivity contribution in [2.45, 2.75) is 30.6 Å². The molecule has 6 nitrogen and oxygen atoms in total. The molecule has 6 heteroatoms. The third kappa shape index (κ3) is 1.98. The number of aliphatic hydroxyl groups excluding tert-OH is 4. The summed E-state index contributed by atoms with van der Waals surface area (Å²) in [6.07, 6.45) is -4.33. The van der Waals surface area contributed by atoms with Gasteiger partial charge in [0.05, 0.1) is 13.7 Å². The van der Waals surface area contributed by atoms with E-state index in [9.17, 15) is 15.3 Å². The van der Waals surface area contributed by atoms with Crippen LogP contribution in [0.15, 0.2) is 0 Å². The van der Waals surface area contributed by atoms with Crippen LogP contribution in [0.5, 0.6) is 0 Å². The molecule has 5 atom stereocenters. The van der Waals surface area contributed by atoms with E-state index in [0.29, 0.717) is 0 Å². The molecule has 1 heterocycles. The quantitative estimate of drug-likeness (QED) is 0.308. The third-order valence-corrected chi connectivity index (χ3v) is 2.33. The molecule has 0 aromatic rings. The van der Waals surface area contributed by atoms with Crippen molar-refractivity contribution in [3.8, 4) is 0 Å². The summed E-state index contributed by atoms with van der Waals surface area (Å²) in [5.74, 6) is 0. The number of rotatable bonds is 2. The van der Waals surface area contributed by atoms with Crippen LogP contribution in [-0.2, 0) is 4.74 Å². The molecule has 1 rings (SSSR count). The van der Waals surface area contributed by atoms with E-state index in [2.05, 4.69) is 0 Å². The predicted molar refractivity (Wildman–Crippen MR) is 41.6 cm³/mol. The fraction of sp³-hybridized carbons (Fsp3) is 1.00. The van der Waals surface area contributed by atoms with E-state index >= 15 is 0 Å². The first-order valence-electron chi connectivity index (χ1n) is 4.21. The second-order valence-corrected chi connectivity index (χ2v) is 3.14. The zero-order valence-corrected chi connectivity index (χ0v) is 7.37. The monoisotopic (exact) mass is 194 g/mol. The van der Waals surface area contributed by atoms with E-state index in [1.54, 1.807) is 12.4 Å². The zero-order valence-electron chi connectivity index (χ0n) is 7.37. The summed E-state index contributed by atoms with van der Waals surface area (Å²) in [6, 6.07) is -0.613. The average Bonchev–Trinajstić information content (AvgIpc) is 2.12. The summed E-state index contributed by atoms with van der Waals surface area (Å²) in [6.45, 7) is -0.425. The Kier molecular flexibility index (Phi) is 3.60. The van der Waals surface area contributed by atoms with Crippen molar-refractivity contribution in [1.82, 2.24) is 0 Å². The van der Waals surface area contributed by atoms with Gasteiger partial charge in [0.25, 0.3) is 0 Å². The van der Waals surface area contributed by atoms with Gasteiger partial charge in [-0.25, -0.2) is 0 Å². The van der Waals surface area contributed by atoms with E-state index in [1.807, 2.05) is 0 Å². The molecule has 13 heavy (non-hydrogen) atoms. The average molecular weight is 194 g/mol. The first-order chi connectivity index (χ1) is 6.11. The van der Waals surface area contributed by atoms with E-state index in [0.717, 1.165) is 0 Å². The summed E-state index contributed by atoms with van der Waals surface area (Å²) < 4.78 is 4.89. The lowest BCUT2D eigenvalue weighted by Gasteiger charge is -2.37. The molecular weight excluding hydrogens is 178 g/mol. The lowest BCUT2D eigenvalue weighted by Crippen LogP contribution is -2.94. The molecule has 6 N–H and O–H groups in total. The smallest absolute Gasteiger partial charge is 0.211 e. The van der Waals surface area contributed by atoms with Crippen LogP contribution >= 0.6 is 0 Å². The number of hydrogen-bond acceptors (Lipinski definition) is 5. The van der Waals surface area contributed by atoms with Gasteiger partial charge in [0, 0.05) is 0 Å². The van der Waals surface area contributed by atoms with Crippen LogP contribution in [0.4, 0.5) is 0 Å². The van der Waals surface area contributed by atoms with Crippen LogP contribution in [0.3, 0.4) is 0 Å². The summed E-state index contributed by atoms with van der Waals surface area (Å²) in [7, 11) is 1.66. The Labute approximate surface area is 75.8 Å². The van der Waals surface area contributed by atoms with Crippen LogP contribution < -0.4 is 5.32 Å². The molecule has 0 aliphatic carbocycles. The zero-order chi connectivity index (χ0) is 10.0. The Morgan fingerprint density at radius 3 is 2.31 bits per heavy atom. The first-order valence-corrected chi connectivity index (χ1v) is 4.21. The molecule has 0 saturated carbocycles. The number of likely N-dealkylation sites (N-methyl/N-ethyl adjacent to an activating group) is 1. The molecule has 1 aliphatic heterocycles. The van der Waals surface area contributed by atoms with Gasteiger partial charge in [-0.3, -0.25) is 0 Å². The first kappa shape index (κ1) is 10.8. The van der Waals surface area contributed by atoms with Crippen molar-refractivity contribution in [3.63, 3.8) is 0 Å². The number of nitrogens with two attached hydrogens (primary N) is 1. The molecule has 1 fully saturated rings. The molecule has 0 aromatic heterocycles. The Bertz CT molecular complexity index is 167. The maximum Gasteiger partial charge on any atom is 0.211 e. The van der Waals surface area contributed by atoms with Gasteiger partial charge in [0.15, 0.2) is 6.04 Å². The molecule has 2 unspecified atom stereocenters. The van der Waals surface area contributed by atoms with Crippen molar-refractivity contribution in [3.05, 3.63) is 0 Å². The van der Waals surface area contributed by atoms with Gasteiger partial charge in [0.2, 0.25) is 6.29 Å². The normalized spacial score (nSPS) is 46.4. The number of hydrogen-bond donors (Lipinski definition) is 5. The molecule has 78 valence electrons. The van der Waals surface area contributed by atoms with Gasteiger partial charge in [-0.2, -0.15) is 0 Å². The van der Waals surface area contributed by atoms with Crippen molar-refractivity contribution < 1.29 is 30.5 Å². The van der Waals surface area contributed by atoms with E-state index in [1.165, 1.54) is 0 Å². The van der Waals surface area contributed by atoms with Crippen LogP contribution in [0.25, 0.3) is 0 Å². The van der Waals surface area contributed by atoms with E-state index in [4.69, 9.17) is 9.84 Å². The fourth-order valence-electron chi connectivity index (χ4n) is 1.48. The maximum absolute atomic E-state index is 9.48. The van der Waals surface area contributed by atoms with Crippen molar-refractivity contribution in [2.75, 3.05) is 13.7 Å². The van der Waals surface area contributed by atoms with Crippen LogP contribution in [0.1, 0.15) is 0 Å². The Morgan fingerprint density at radius 1 is 1.23 bits per heavy atom.